The summed E-state index contributed by atoms with van der Waals surface area (Å²) in [5.74, 6) is -0.0258. The number of carbonyl (C=O) groups excluding carboxylic acids is 1. The third kappa shape index (κ3) is 4.14. The van der Waals surface area contributed by atoms with Gasteiger partial charge in [-0.15, -0.1) is 0 Å². The first-order valence-electron chi connectivity index (χ1n) is 9.06. The van der Waals surface area contributed by atoms with Crippen molar-refractivity contribution in [2.24, 2.45) is 5.92 Å². The predicted octanol–water partition coefficient (Wildman–Crippen LogP) is 2.24. The van der Waals surface area contributed by atoms with E-state index in [-0.39, 0.29) is 22.4 Å². The highest BCUT2D eigenvalue weighted by Gasteiger charge is 2.29. The normalized spacial score (nSPS) is 20.1. The monoisotopic (exact) mass is 387 g/mol. The molecule has 1 saturated heterocycles. The van der Waals surface area contributed by atoms with Crippen molar-refractivity contribution in [1.82, 2.24) is 10.6 Å². The van der Waals surface area contributed by atoms with E-state index in [0.717, 1.165) is 13.0 Å². The predicted molar refractivity (Wildman–Crippen MR) is 106 cm³/mol. The van der Waals surface area contributed by atoms with Crippen LogP contribution < -0.4 is 14.9 Å². The second-order valence-corrected chi connectivity index (χ2v) is 8.79. The van der Waals surface area contributed by atoms with Gasteiger partial charge in [-0.25, -0.2) is 8.42 Å². The van der Waals surface area contributed by atoms with Gasteiger partial charge in [0.2, 0.25) is 0 Å². The third-order valence-electron chi connectivity index (χ3n) is 5.03. The Hall–Kier alpha value is -2.38. The van der Waals surface area contributed by atoms with Gasteiger partial charge in [0.25, 0.3) is 15.9 Å². The molecule has 2 aromatic rings. The number of hydrogen-bond acceptors (Lipinski definition) is 4. The number of piperidine rings is 1. The summed E-state index contributed by atoms with van der Waals surface area (Å²) in [6, 6.07) is 15.1. The summed E-state index contributed by atoms with van der Waals surface area (Å²) < 4.78 is 27.5. The second kappa shape index (κ2) is 8.10. The molecule has 1 amide bonds. The highest BCUT2D eigenvalue weighted by atomic mass is 32.2. The lowest BCUT2D eigenvalue weighted by Crippen LogP contribution is -2.50. The van der Waals surface area contributed by atoms with Crippen LogP contribution in [0.2, 0.25) is 0 Å². The molecule has 0 radical (unpaired) electrons. The number of carbonyl (C=O) groups is 1. The molecule has 0 bridgehead atoms. The van der Waals surface area contributed by atoms with Crippen LogP contribution >= 0.6 is 0 Å². The minimum atomic E-state index is -3.87. The van der Waals surface area contributed by atoms with Crippen LogP contribution in [0.4, 0.5) is 5.69 Å². The van der Waals surface area contributed by atoms with E-state index < -0.39 is 10.0 Å². The van der Waals surface area contributed by atoms with Gasteiger partial charge in [-0.1, -0.05) is 37.3 Å². The van der Waals surface area contributed by atoms with Crippen molar-refractivity contribution < 1.29 is 13.2 Å². The van der Waals surface area contributed by atoms with E-state index in [0.29, 0.717) is 18.2 Å². The average Bonchev–Trinajstić information content (AvgIpc) is 2.69. The average molecular weight is 388 g/mol. The van der Waals surface area contributed by atoms with Crippen molar-refractivity contribution in [1.29, 1.82) is 0 Å². The van der Waals surface area contributed by atoms with Crippen molar-refractivity contribution >= 4 is 21.6 Å². The minimum absolute atomic E-state index is 0.00488. The third-order valence-corrected chi connectivity index (χ3v) is 6.88. The number of hydrogen-bond donors (Lipinski definition) is 2. The molecule has 1 aliphatic heterocycles. The molecule has 0 saturated carbocycles. The summed E-state index contributed by atoms with van der Waals surface area (Å²) in [6.07, 6.45) is 0.974. The van der Waals surface area contributed by atoms with Gasteiger partial charge in [-0.05, 0) is 43.1 Å². The molecule has 1 aliphatic rings. The summed E-state index contributed by atoms with van der Waals surface area (Å²) in [6.45, 7) is 3.71. The van der Waals surface area contributed by atoms with Crippen molar-refractivity contribution in [2.75, 3.05) is 24.4 Å². The zero-order chi connectivity index (χ0) is 19.4. The molecule has 3 rings (SSSR count). The Morgan fingerprint density at radius 3 is 2.48 bits per heavy atom. The second-order valence-electron chi connectivity index (χ2n) is 6.85. The lowest BCUT2D eigenvalue weighted by atomic mass is 9.94. The first-order valence-corrected chi connectivity index (χ1v) is 10.5. The van der Waals surface area contributed by atoms with Crippen LogP contribution in [0.25, 0.3) is 0 Å². The van der Waals surface area contributed by atoms with Gasteiger partial charge >= 0.3 is 0 Å². The highest BCUT2D eigenvalue weighted by molar-refractivity contribution is 7.92. The lowest BCUT2D eigenvalue weighted by molar-refractivity contribution is 0.0912. The fourth-order valence-electron chi connectivity index (χ4n) is 3.23. The van der Waals surface area contributed by atoms with Gasteiger partial charge in [0.15, 0.2) is 0 Å². The molecule has 27 heavy (non-hydrogen) atoms. The minimum Gasteiger partial charge on any atom is -0.348 e. The summed E-state index contributed by atoms with van der Waals surface area (Å²) in [5, 5.41) is 6.26. The first-order chi connectivity index (χ1) is 12.9. The molecule has 0 aromatic heterocycles. The van der Waals surface area contributed by atoms with E-state index in [1.54, 1.807) is 42.5 Å². The zero-order valence-corrected chi connectivity index (χ0v) is 16.4. The molecular weight excluding hydrogens is 362 g/mol. The van der Waals surface area contributed by atoms with Gasteiger partial charge in [0, 0.05) is 19.6 Å². The van der Waals surface area contributed by atoms with Crippen LogP contribution in [-0.2, 0) is 10.0 Å². The standard InChI is InChI=1S/C20H25N3O3S/c1-15-12-13-21-14-18(15)22-20(24)17-10-6-7-11-19(17)27(25,26)23(2)16-8-4-3-5-9-16/h3-11,15,18,21H,12-14H2,1-2H3,(H,22,24). The molecule has 6 nitrogen and oxygen atoms in total. The van der Waals surface area contributed by atoms with Crippen molar-refractivity contribution in [3.63, 3.8) is 0 Å². The van der Waals surface area contributed by atoms with Gasteiger partial charge in [-0.2, -0.15) is 0 Å². The SMILES string of the molecule is CC1CCNCC1NC(=O)c1ccccc1S(=O)(=O)N(C)c1ccccc1. The van der Waals surface area contributed by atoms with Crippen LogP contribution in [0.1, 0.15) is 23.7 Å². The molecule has 0 spiro atoms. The molecular formula is C20H25N3O3S. The maximum atomic E-state index is 13.1. The Labute approximate surface area is 160 Å². The Morgan fingerprint density at radius 1 is 1.11 bits per heavy atom. The van der Waals surface area contributed by atoms with Gasteiger partial charge in [-0.3, -0.25) is 9.10 Å². The summed E-state index contributed by atoms with van der Waals surface area (Å²) in [7, 11) is -2.37. The number of benzene rings is 2. The van der Waals surface area contributed by atoms with E-state index >= 15 is 0 Å². The van der Waals surface area contributed by atoms with Crippen LogP contribution in [0, 0.1) is 5.92 Å². The largest absolute Gasteiger partial charge is 0.348 e. The molecule has 144 valence electrons. The van der Waals surface area contributed by atoms with Crippen molar-refractivity contribution in [3.8, 4) is 0 Å². The number of nitrogens with one attached hydrogen (secondary N) is 2. The zero-order valence-electron chi connectivity index (χ0n) is 15.6. The molecule has 1 heterocycles. The van der Waals surface area contributed by atoms with Gasteiger partial charge in [0.05, 0.1) is 11.3 Å². The smallest absolute Gasteiger partial charge is 0.264 e. The first kappa shape index (κ1) is 19.4. The van der Waals surface area contributed by atoms with Crippen molar-refractivity contribution in [2.45, 2.75) is 24.3 Å². The molecule has 2 aromatic carbocycles. The van der Waals surface area contributed by atoms with Crippen LogP contribution in [0.5, 0.6) is 0 Å². The van der Waals surface area contributed by atoms with Gasteiger partial charge in [0.1, 0.15) is 4.90 Å². The Morgan fingerprint density at radius 2 is 1.78 bits per heavy atom. The van der Waals surface area contributed by atoms with Crippen LogP contribution in [0.3, 0.4) is 0 Å². The summed E-state index contributed by atoms with van der Waals surface area (Å²) in [4.78, 5) is 12.9. The summed E-state index contributed by atoms with van der Waals surface area (Å²) in [5.41, 5.74) is 0.705. The highest BCUT2D eigenvalue weighted by Crippen LogP contribution is 2.24. The van der Waals surface area contributed by atoms with Crippen LogP contribution in [-0.4, -0.2) is 40.5 Å². The fraction of sp³-hybridized carbons (Fsp3) is 0.350. The quantitative estimate of drug-likeness (QED) is 0.825. The molecule has 7 heteroatoms. The summed E-state index contributed by atoms with van der Waals surface area (Å²) >= 11 is 0. The maximum absolute atomic E-state index is 13.1. The van der Waals surface area contributed by atoms with Gasteiger partial charge < -0.3 is 10.6 Å². The van der Waals surface area contributed by atoms with E-state index in [1.807, 2.05) is 6.07 Å². The topological polar surface area (TPSA) is 78.5 Å². The van der Waals surface area contributed by atoms with E-state index in [2.05, 4.69) is 17.6 Å². The molecule has 1 fully saturated rings. The Balaban J connectivity index is 1.90. The molecule has 0 aliphatic carbocycles. The molecule has 2 atom stereocenters. The molecule has 2 N–H and O–H groups in total. The van der Waals surface area contributed by atoms with E-state index in [9.17, 15) is 13.2 Å². The van der Waals surface area contributed by atoms with E-state index in [1.165, 1.54) is 17.4 Å². The Bertz CT molecular complexity index is 900. The molecule has 2 unspecified atom stereocenters. The van der Waals surface area contributed by atoms with Crippen molar-refractivity contribution in [3.05, 3.63) is 60.2 Å². The number of sulfonamides is 1. The number of rotatable bonds is 5. The fourth-order valence-corrected chi connectivity index (χ4v) is 4.62. The maximum Gasteiger partial charge on any atom is 0.264 e. The van der Waals surface area contributed by atoms with Crippen LogP contribution in [0.15, 0.2) is 59.5 Å². The number of nitrogens with zero attached hydrogens (tertiary/aromatic N) is 1. The lowest BCUT2D eigenvalue weighted by Gasteiger charge is -2.30. The number of para-hydroxylation sites is 1. The number of anilines is 1. The van der Waals surface area contributed by atoms with E-state index in [4.69, 9.17) is 0 Å². The Kier molecular flexibility index (Phi) is 5.82. The number of amides is 1.